The third-order valence-electron chi connectivity index (χ3n) is 6.13. The molecular weight excluding hydrogens is 459 g/mol. The van der Waals surface area contributed by atoms with Gasteiger partial charge in [0.25, 0.3) is 5.91 Å². The van der Waals surface area contributed by atoms with Gasteiger partial charge in [-0.2, -0.15) is 5.10 Å². The first kappa shape index (κ1) is 21.6. The van der Waals surface area contributed by atoms with E-state index in [-0.39, 0.29) is 23.6 Å². The minimum atomic E-state index is -0.282. The summed E-state index contributed by atoms with van der Waals surface area (Å²) in [4.78, 5) is 13.4. The van der Waals surface area contributed by atoms with Crippen molar-refractivity contribution in [3.63, 3.8) is 0 Å². The normalized spacial score (nSPS) is 19.4. The number of phenolic OH excluding ortho intramolecular Hbond substituents is 1. The molecule has 0 saturated heterocycles. The molecule has 2 unspecified atom stereocenters. The summed E-state index contributed by atoms with van der Waals surface area (Å²) in [7, 11) is 0. The van der Waals surface area contributed by atoms with Crippen molar-refractivity contribution in [3.05, 3.63) is 87.9 Å². The number of fused-ring (bicyclic) bond motifs is 1. The lowest BCUT2D eigenvalue weighted by Crippen LogP contribution is -2.45. The molecule has 0 fully saturated rings. The molecule has 0 aromatic heterocycles. The first-order chi connectivity index (χ1) is 15.9. The number of nitrogens with one attached hydrogen (secondary N) is 1. The summed E-state index contributed by atoms with van der Waals surface area (Å²) in [6.07, 6.45) is 0.876. The largest absolute Gasteiger partial charge is 0.508 e. The van der Waals surface area contributed by atoms with Crippen molar-refractivity contribution >= 4 is 46.2 Å². The van der Waals surface area contributed by atoms with Gasteiger partial charge in [0, 0.05) is 17.5 Å². The fourth-order valence-corrected chi connectivity index (χ4v) is 4.98. The summed E-state index contributed by atoms with van der Waals surface area (Å²) < 4.78 is 0. The fraction of sp³-hybridized carbons (Fsp3) is 0.200. The van der Waals surface area contributed by atoms with Crippen LogP contribution in [0.3, 0.4) is 0 Å². The number of para-hydroxylation sites is 1. The van der Waals surface area contributed by atoms with Crippen LogP contribution in [0.15, 0.2) is 71.8 Å². The zero-order valence-electron chi connectivity index (χ0n) is 17.9. The first-order valence-corrected chi connectivity index (χ1v) is 11.5. The summed E-state index contributed by atoms with van der Waals surface area (Å²) in [6.45, 7) is 2.68. The number of anilines is 2. The number of nitrogens with zero attached hydrogens (tertiary/aromatic N) is 3. The number of halogens is 2. The van der Waals surface area contributed by atoms with Crippen molar-refractivity contribution in [1.82, 2.24) is 5.43 Å². The number of amides is 1. The van der Waals surface area contributed by atoms with Crippen LogP contribution in [0.1, 0.15) is 24.1 Å². The molecule has 2 aliphatic heterocycles. The SMILES string of the molecule is CC1C(C(=O)NN2CCc3ccccc32)=NN(c2ccc(Cl)cc2Cl)C1c1ccc(O)cc1. The van der Waals surface area contributed by atoms with Crippen molar-refractivity contribution in [2.75, 3.05) is 16.6 Å². The zero-order chi connectivity index (χ0) is 23.1. The van der Waals surface area contributed by atoms with E-state index < -0.39 is 0 Å². The number of hydrazone groups is 1. The molecule has 0 radical (unpaired) electrons. The highest BCUT2D eigenvalue weighted by molar-refractivity contribution is 6.41. The highest BCUT2D eigenvalue weighted by Gasteiger charge is 2.40. The number of benzene rings is 3. The Morgan fingerprint density at radius 1 is 1.06 bits per heavy atom. The van der Waals surface area contributed by atoms with Crippen LogP contribution in [0.25, 0.3) is 0 Å². The number of phenols is 1. The van der Waals surface area contributed by atoms with Crippen molar-refractivity contribution in [1.29, 1.82) is 0 Å². The molecule has 33 heavy (non-hydrogen) atoms. The van der Waals surface area contributed by atoms with Gasteiger partial charge in [-0.3, -0.25) is 20.2 Å². The first-order valence-electron chi connectivity index (χ1n) is 10.7. The molecule has 5 rings (SSSR count). The van der Waals surface area contributed by atoms with Gasteiger partial charge in [-0.15, -0.1) is 0 Å². The Morgan fingerprint density at radius 3 is 2.58 bits per heavy atom. The van der Waals surface area contributed by atoms with Crippen LogP contribution in [0.4, 0.5) is 11.4 Å². The summed E-state index contributed by atoms with van der Waals surface area (Å²) >= 11 is 12.6. The molecule has 0 aliphatic carbocycles. The van der Waals surface area contributed by atoms with Gasteiger partial charge < -0.3 is 5.11 Å². The van der Waals surface area contributed by atoms with E-state index in [1.807, 2.05) is 42.3 Å². The van der Waals surface area contributed by atoms with E-state index in [0.717, 1.165) is 17.7 Å². The second kappa shape index (κ2) is 8.61. The quantitative estimate of drug-likeness (QED) is 0.528. The molecule has 0 saturated carbocycles. The van der Waals surface area contributed by atoms with Crippen LogP contribution in [-0.4, -0.2) is 23.3 Å². The molecule has 168 valence electrons. The number of hydrazine groups is 1. The predicted molar refractivity (Wildman–Crippen MR) is 132 cm³/mol. The Morgan fingerprint density at radius 2 is 1.82 bits per heavy atom. The fourth-order valence-electron chi connectivity index (χ4n) is 4.49. The molecule has 0 bridgehead atoms. The Bertz CT molecular complexity index is 1250. The van der Waals surface area contributed by atoms with Gasteiger partial charge in [0.05, 0.1) is 22.4 Å². The highest BCUT2D eigenvalue weighted by atomic mass is 35.5. The van der Waals surface area contributed by atoms with E-state index in [1.165, 1.54) is 5.56 Å². The smallest absolute Gasteiger partial charge is 0.286 e. The molecule has 2 atom stereocenters. The average molecular weight is 481 g/mol. The number of hydrogen-bond donors (Lipinski definition) is 2. The second-order valence-electron chi connectivity index (χ2n) is 8.22. The van der Waals surface area contributed by atoms with Crippen LogP contribution in [0.5, 0.6) is 5.75 Å². The number of hydrogen-bond acceptors (Lipinski definition) is 5. The molecule has 2 heterocycles. The number of aromatic hydroxyl groups is 1. The third-order valence-corrected chi connectivity index (χ3v) is 6.67. The monoisotopic (exact) mass is 480 g/mol. The van der Waals surface area contributed by atoms with Crippen molar-refractivity contribution < 1.29 is 9.90 Å². The molecule has 0 spiro atoms. The van der Waals surface area contributed by atoms with Crippen LogP contribution < -0.4 is 15.4 Å². The summed E-state index contributed by atoms with van der Waals surface area (Å²) in [6, 6.07) is 19.9. The third kappa shape index (κ3) is 4.01. The second-order valence-corrected chi connectivity index (χ2v) is 9.07. The average Bonchev–Trinajstić information content (AvgIpc) is 3.36. The van der Waals surface area contributed by atoms with Gasteiger partial charge in [0.1, 0.15) is 11.5 Å². The highest BCUT2D eigenvalue weighted by Crippen LogP contribution is 2.42. The summed E-state index contributed by atoms with van der Waals surface area (Å²) in [5.74, 6) is -0.318. The lowest BCUT2D eigenvalue weighted by atomic mass is 9.91. The van der Waals surface area contributed by atoms with Gasteiger partial charge in [-0.05, 0) is 53.9 Å². The molecule has 3 aromatic rings. The minimum absolute atomic E-state index is 0.173. The lowest BCUT2D eigenvalue weighted by molar-refractivity contribution is -0.115. The predicted octanol–water partition coefficient (Wildman–Crippen LogP) is 5.35. The maximum atomic E-state index is 13.4. The minimum Gasteiger partial charge on any atom is -0.508 e. The van der Waals surface area contributed by atoms with Crippen LogP contribution in [0, 0.1) is 5.92 Å². The lowest BCUT2D eigenvalue weighted by Gasteiger charge is -2.27. The Labute approximate surface area is 202 Å². The van der Waals surface area contributed by atoms with Crippen LogP contribution in [-0.2, 0) is 11.2 Å². The van der Waals surface area contributed by atoms with Crippen molar-refractivity contribution in [3.8, 4) is 5.75 Å². The molecule has 1 amide bonds. The van der Waals surface area contributed by atoms with Crippen molar-refractivity contribution in [2.24, 2.45) is 11.0 Å². The Balaban J connectivity index is 1.49. The van der Waals surface area contributed by atoms with Gasteiger partial charge in [-0.1, -0.05) is 60.5 Å². The van der Waals surface area contributed by atoms with E-state index in [4.69, 9.17) is 28.3 Å². The molecule has 6 nitrogen and oxygen atoms in total. The Hall–Kier alpha value is -3.22. The Kier molecular flexibility index (Phi) is 5.64. The van der Waals surface area contributed by atoms with Crippen LogP contribution in [0.2, 0.25) is 10.0 Å². The van der Waals surface area contributed by atoms with E-state index >= 15 is 0 Å². The molecule has 2 aliphatic rings. The molecule has 8 heteroatoms. The van der Waals surface area contributed by atoms with Crippen LogP contribution >= 0.6 is 23.2 Å². The summed E-state index contributed by atoms with van der Waals surface area (Å²) in [5.41, 5.74) is 7.20. The zero-order valence-corrected chi connectivity index (χ0v) is 19.4. The topological polar surface area (TPSA) is 68.2 Å². The molecule has 3 aromatic carbocycles. The van der Waals surface area contributed by atoms with Gasteiger partial charge >= 0.3 is 0 Å². The van der Waals surface area contributed by atoms with E-state index in [9.17, 15) is 9.90 Å². The van der Waals surface area contributed by atoms with E-state index in [2.05, 4.69) is 11.5 Å². The number of carbonyl (C=O) groups is 1. The van der Waals surface area contributed by atoms with Crippen molar-refractivity contribution in [2.45, 2.75) is 19.4 Å². The number of carbonyl (C=O) groups excluding carboxylic acids is 1. The maximum absolute atomic E-state index is 13.4. The summed E-state index contributed by atoms with van der Waals surface area (Å²) in [5, 5.41) is 19.1. The van der Waals surface area contributed by atoms with E-state index in [1.54, 1.807) is 35.3 Å². The maximum Gasteiger partial charge on any atom is 0.286 e. The van der Waals surface area contributed by atoms with Gasteiger partial charge in [0.15, 0.2) is 0 Å². The van der Waals surface area contributed by atoms with Gasteiger partial charge in [0.2, 0.25) is 0 Å². The molecule has 2 N–H and O–H groups in total. The van der Waals surface area contributed by atoms with E-state index in [0.29, 0.717) is 28.0 Å². The van der Waals surface area contributed by atoms with Gasteiger partial charge in [-0.25, -0.2) is 0 Å². The standard InChI is InChI=1S/C25H22Cl2N4O2/c1-15-23(25(33)29-30-13-12-16-4-2-3-5-21(16)30)28-31(22-11-8-18(26)14-20(22)27)24(15)17-6-9-19(32)10-7-17/h2-11,14-15,24,32H,12-13H2,1H3,(H,29,33). The molecular formula is C25H22Cl2N4O2. The number of rotatable bonds is 4.